The zero-order valence-corrected chi connectivity index (χ0v) is 48.9. The number of methoxy groups -OCH3 is 2. The molecule has 7 rings (SSSR count). The van der Waals surface area contributed by atoms with Crippen LogP contribution in [0.25, 0.3) is 0 Å². The molecule has 0 radical (unpaired) electrons. The largest absolute Gasteiger partial charge is 0.508 e. The number of carbonyl (C=O) groups excluding carboxylic acids is 3. The number of aryl methyl sites for hydroxylation is 1. The number of hydrogen-bond donors (Lipinski definition) is 1. The zero-order chi connectivity index (χ0) is 55.5. The van der Waals surface area contributed by atoms with Crippen molar-refractivity contribution in [1.82, 2.24) is 0 Å². The molecule has 7 atom stereocenters. The van der Waals surface area contributed by atoms with Crippen molar-refractivity contribution in [2.75, 3.05) is 27.4 Å². The predicted octanol–water partition coefficient (Wildman–Crippen LogP) is 15.2. The van der Waals surface area contributed by atoms with Crippen molar-refractivity contribution < 1.29 is 52.6 Å². The van der Waals surface area contributed by atoms with Gasteiger partial charge >= 0.3 is 17.9 Å². The van der Waals surface area contributed by atoms with Gasteiger partial charge in [0.2, 0.25) is 0 Å². The van der Waals surface area contributed by atoms with Gasteiger partial charge in [-0.05, 0) is 152 Å². The number of hydrogen-bond acceptors (Lipinski definition) is 11. The molecule has 11 heteroatoms. The molecular weight excluding hydrogens is 945 g/mol. The van der Waals surface area contributed by atoms with Gasteiger partial charge in [0.25, 0.3) is 0 Å². The summed E-state index contributed by atoms with van der Waals surface area (Å²) in [6.45, 7) is 29.0. The summed E-state index contributed by atoms with van der Waals surface area (Å²) in [6, 6.07) is 19.9. The van der Waals surface area contributed by atoms with E-state index in [1.54, 1.807) is 26.4 Å². The van der Waals surface area contributed by atoms with Crippen molar-refractivity contribution in [3.63, 3.8) is 0 Å². The van der Waals surface area contributed by atoms with Crippen molar-refractivity contribution in [2.45, 2.75) is 216 Å². The van der Waals surface area contributed by atoms with Crippen LogP contribution in [0.15, 0.2) is 60.7 Å². The number of benzene rings is 3. The standard InChI is InChI=1S/C23H32O4.C17H32O2.C14H20O4.C10H14O/c1-6-18(3)19-7-9-22(10-8-19)26-11-12-27-23-20(15-24-4)13-17(2)14-21(23)16-25-5;1-6-16(4,5)15(18)19-17(7-2,8-3)14-12-10-9-11-13-14;1-4-14(2,3)13(16)18-10-7-5-8-9(6-7)12(15)17-11(8)10;1-3-8(2)9-4-6-10(11)7-5-9/h7-10,13-14,18H,6,11-12,15-16H2,1-5H3;14H,6-13H2,1-5H3;7-11H,4-6H2,1-3H3;4-8,11H,3H2,1-2H3. The molecule has 2 bridgehead atoms. The Morgan fingerprint density at radius 1 is 0.693 bits per heavy atom. The molecule has 0 aromatic heterocycles. The summed E-state index contributed by atoms with van der Waals surface area (Å²) in [6.07, 6.45) is 13.6. The zero-order valence-electron chi connectivity index (χ0n) is 48.9. The first kappa shape index (κ1) is 62.9. The van der Waals surface area contributed by atoms with Crippen LogP contribution >= 0.6 is 0 Å². The van der Waals surface area contributed by atoms with Crippen molar-refractivity contribution in [2.24, 2.45) is 34.5 Å². The Hall–Kier alpha value is -4.61. The Labute approximate surface area is 452 Å². The van der Waals surface area contributed by atoms with Crippen LogP contribution < -0.4 is 9.47 Å². The maximum Gasteiger partial charge on any atom is 0.312 e. The fraction of sp³-hybridized carbons (Fsp3) is 0.672. The van der Waals surface area contributed by atoms with Crippen LogP contribution in [0.3, 0.4) is 0 Å². The van der Waals surface area contributed by atoms with Gasteiger partial charge in [0.05, 0.1) is 30.0 Å². The van der Waals surface area contributed by atoms with Gasteiger partial charge in [-0.2, -0.15) is 0 Å². The fourth-order valence-corrected chi connectivity index (χ4v) is 10.8. The topological polar surface area (TPSA) is 136 Å². The molecule has 1 aliphatic heterocycles. The minimum atomic E-state index is -0.455. The average Bonchev–Trinajstić information content (AvgIpc) is 4.06. The van der Waals surface area contributed by atoms with E-state index in [0.29, 0.717) is 61.8 Å². The monoisotopic (exact) mass is 1040 g/mol. The highest BCUT2D eigenvalue weighted by Gasteiger charge is 2.63. The summed E-state index contributed by atoms with van der Waals surface area (Å²) < 4.78 is 39.7. The molecule has 3 aliphatic carbocycles. The maximum absolute atomic E-state index is 12.4. The van der Waals surface area contributed by atoms with Crippen LogP contribution in [0.5, 0.6) is 17.2 Å². The quantitative estimate of drug-likeness (QED) is 0.0585. The Kier molecular flexibility index (Phi) is 25.0. The highest BCUT2D eigenvalue weighted by molar-refractivity contribution is 5.78. The van der Waals surface area contributed by atoms with Crippen LogP contribution in [0.2, 0.25) is 0 Å². The number of esters is 3. The van der Waals surface area contributed by atoms with Crippen LogP contribution in [-0.2, 0) is 51.3 Å². The second-order valence-electron chi connectivity index (χ2n) is 23.0. The Morgan fingerprint density at radius 2 is 1.20 bits per heavy atom. The summed E-state index contributed by atoms with van der Waals surface area (Å²) in [5, 5.41) is 9.01. The van der Waals surface area contributed by atoms with Gasteiger partial charge < -0.3 is 38.3 Å². The molecule has 75 heavy (non-hydrogen) atoms. The van der Waals surface area contributed by atoms with E-state index >= 15 is 0 Å². The number of rotatable bonds is 22. The van der Waals surface area contributed by atoms with E-state index in [2.05, 4.69) is 79.7 Å². The summed E-state index contributed by atoms with van der Waals surface area (Å²) in [5.41, 5.74) is 4.83. The third-order valence-electron chi connectivity index (χ3n) is 17.1. The Morgan fingerprint density at radius 3 is 1.69 bits per heavy atom. The van der Waals surface area contributed by atoms with Crippen LogP contribution in [0, 0.1) is 41.4 Å². The van der Waals surface area contributed by atoms with Crippen LogP contribution in [0.1, 0.15) is 206 Å². The van der Waals surface area contributed by atoms with Gasteiger partial charge in [0.15, 0.2) is 0 Å². The van der Waals surface area contributed by atoms with Crippen LogP contribution in [-0.4, -0.2) is 68.3 Å². The highest BCUT2D eigenvalue weighted by atomic mass is 16.6. The summed E-state index contributed by atoms with van der Waals surface area (Å²) in [4.78, 5) is 36.2. The average molecular weight is 1040 g/mol. The molecule has 1 N–H and O–H groups in total. The lowest BCUT2D eigenvalue weighted by atomic mass is 9.73. The Bertz CT molecular complexity index is 2160. The second kappa shape index (κ2) is 29.8. The first-order chi connectivity index (χ1) is 35.7. The van der Waals surface area contributed by atoms with E-state index in [1.165, 1.54) is 48.8 Å². The van der Waals surface area contributed by atoms with E-state index in [1.807, 2.05) is 58.9 Å². The highest BCUT2D eigenvalue weighted by Crippen LogP contribution is 2.55. The molecule has 3 saturated carbocycles. The molecule has 1 heterocycles. The lowest BCUT2D eigenvalue weighted by molar-refractivity contribution is -0.180. The van der Waals surface area contributed by atoms with Gasteiger partial charge in [-0.25, -0.2) is 0 Å². The van der Waals surface area contributed by atoms with Crippen molar-refractivity contribution in [3.05, 3.63) is 88.5 Å². The summed E-state index contributed by atoms with van der Waals surface area (Å²) >= 11 is 0. The van der Waals surface area contributed by atoms with Crippen LogP contribution in [0.4, 0.5) is 0 Å². The van der Waals surface area contributed by atoms with Gasteiger partial charge in [-0.1, -0.05) is 117 Å². The number of phenolic OH excluding ortho intramolecular Hbond substituents is 1. The SMILES string of the molecule is CCC(C)(C)C(=O)OC(CC)(CC)C1CCCCC1.CCC(C)(C)C(=O)OC1C2CC3C(=O)OC1C3C2.CCC(C)c1ccc(O)cc1.CCC(C)c1ccc(OCCOc2c(COC)cc(C)cc2COC)cc1. The third-order valence-corrected chi connectivity index (χ3v) is 17.1. The van der Waals surface area contributed by atoms with Crippen molar-refractivity contribution >= 4 is 17.9 Å². The summed E-state index contributed by atoms with van der Waals surface area (Å²) in [5.74, 6) is 4.21. The van der Waals surface area contributed by atoms with E-state index < -0.39 is 5.41 Å². The number of ether oxygens (including phenoxy) is 7. The van der Waals surface area contributed by atoms with Gasteiger partial charge in [-0.3, -0.25) is 14.4 Å². The molecular formula is C64H98O11. The molecule has 3 aromatic carbocycles. The van der Waals surface area contributed by atoms with Crippen molar-refractivity contribution in [1.29, 1.82) is 0 Å². The maximum atomic E-state index is 12.4. The number of aromatic hydroxyl groups is 1. The lowest BCUT2D eigenvalue weighted by Crippen LogP contribution is -2.45. The first-order valence-electron chi connectivity index (χ1n) is 28.6. The molecule has 1 saturated heterocycles. The normalized spacial score (nSPS) is 20.7. The summed E-state index contributed by atoms with van der Waals surface area (Å²) in [7, 11) is 3.38. The molecule has 3 aromatic rings. The first-order valence-corrected chi connectivity index (χ1v) is 28.6. The second-order valence-corrected chi connectivity index (χ2v) is 23.0. The number of phenols is 1. The number of fused-ring (bicyclic) bond motifs is 1. The lowest BCUT2D eigenvalue weighted by Gasteiger charge is -2.42. The molecule has 420 valence electrons. The minimum absolute atomic E-state index is 0.00993. The molecule has 0 spiro atoms. The Balaban J connectivity index is 0.000000225. The molecule has 4 aliphatic rings. The predicted molar refractivity (Wildman–Crippen MR) is 299 cm³/mol. The van der Waals surface area contributed by atoms with E-state index in [0.717, 1.165) is 74.0 Å². The molecule has 0 amide bonds. The van der Waals surface area contributed by atoms with E-state index in [9.17, 15) is 14.4 Å². The molecule has 4 fully saturated rings. The third kappa shape index (κ3) is 17.2. The molecule has 11 nitrogen and oxygen atoms in total. The van der Waals surface area contributed by atoms with Gasteiger partial charge in [-0.15, -0.1) is 0 Å². The van der Waals surface area contributed by atoms with Gasteiger partial charge in [0.1, 0.15) is 48.3 Å². The van der Waals surface area contributed by atoms with E-state index in [-0.39, 0.29) is 47.0 Å². The minimum Gasteiger partial charge on any atom is -0.508 e. The van der Waals surface area contributed by atoms with E-state index in [4.69, 9.17) is 38.3 Å². The smallest absolute Gasteiger partial charge is 0.312 e. The molecule has 7 unspecified atom stereocenters. The fourth-order valence-electron chi connectivity index (χ4n) is 10.8. The number of carbonyl (C=O) groups is 3. The van der Waals surface area contributed by atoms with Gasteiger partial charge in [0, 0.05) is 37.2 Å². The van der Waals surface area contributed by atoms with Crippen molar-refractivity contribution in [3.8, 4) is 17.2 Å².